The third-order valence-electron chi connectivity index (χ3n) is 3.63. The molecule has 2 rings (SSSR count). The van der Waals surface area contributed by atoms with Crippen molar-refractivity contribution in [3.05, 3.63) is 29.8 Å². The molecule has 1 aliphatic rings. The van der Waals surface area contributed by atoms with Gasteiger partial charge in [0.05, 0.1) is 0 Å². The summed E-state index contributed by atoms with van der Waals surface area (Å²) < 4.78 is 5.45. The van der Waals surface area contributed by atoms with E-state index in [1.165, 1.54) is 5.56 Å². The van der Waals surface area contributed by atoms with Crippen LogP contribution in [0.1, 0.15) is 39.2 Å². The normalized spacial score (nSPS) is 19.4. The average Bonchev–Trinajstić information content (AvgIpc) is 2.40. The topological polar surface area (TPSA) is 49.8 Å². The number of phenols is 1. The van der Waals surface area contributed by atoms with E-state index < -0.39 is 5.60 Å². The van der Waals surface area contributed by atoms with Crippen molar-refractivity contribution in [1.29, 1.82) is 0 Å². The number of piperidine rings is 1. The van der Waals surface area contributed by atoms with Crippen molar-refractivity contribution >= 4 is 6.09 Å². The minimum absolute atomic E-state index is 0.210. The van der Waals surface area contributed by atoms with Crippen LogP contribution < -0.4 is 0 Å². The summed E-state index contributed by atoms with van der Waals surface area (Å²) in [6.07, 6.45) is 2.86. The lowest BCUT2D eigenvalue weighted by molar-refractivity contribution is 0.0166. The molecule has 1 heterocycles. The number of hydrogen-bond donors (Lipinski definition) is 1. The number of amides is 1. The Balaban J connectivity index is 1.91. The second-order valence-corrected chi connectivity index (χ2v) is 6.81. The van der Waals surface area contributed by atoms with Gasteiger partial charge >= 0.3 is 6.09 Å². The third-order valence-corrected chi connectivity index (χ3v) is 3.63. The molecular weight excluding hydrogens is 266 g/mol. The molecule has 1 aromatic carbocycles. The highest BCUT2D eigenvalue weighted by Gasteiger charge is 2.27. The highest BCUT2D eigenvalue weighted by molar-refractivity contribution is 5.68. The lowest BCUT2D eigenvalue weighted by Gasteiger charge is -2.34. The Kier molecular flexibility index (Phi) is 4.76. The van der Waals surface area contributed by atoms with E-state index in [1.807, 2.05) is 37.8 Å². The number of hydrogen-bond acceptors (Lipinski definition) is 3. The summed E-state index contributed by atoms with van der Waals surface area (Å²) in [5.41, 5.74) is 0.755. The Hall–Kier alpha value is -1.71. The van der Waals surface area contributed by atoms with Gasteiger partial charge in [-0.15, -0.1) is 0 Å². The molecule has 0 saturated carbocycles. The van der Waals surface area contributed by atoms with Gasteiger partial charge in [-0.2, -0.15) is 0 Å². The molecule has 1 aromatic rings. The summed E-state index contributed by atoms with van der Waals surface area (Å²) in [5.74, 6) is 0.744. The molecule has 4 heteroatoms. The zero-order valence-electron chi connectivity index (χ0n) is 13.1. The van der Waals surface area contributed by atoms with Crippen LogP contribution in [-0.4, -0.2) is 34.8 Å². The van der Waals surface area contributed by atoms with Crippen LogP contribution in [0.5, 0.6) is 5.75 Å². The first-order valence-corrected chi connectivity index (χ1v) is 7.59. The second-order valence-electron chi connectivity index (χ2n) is 6.81. The van der Waals surface area contributed by atoms with Gasteiger partial charge in [-0.05, 0) is 63.6 Å². The van der Waals surface area contributed by atoms with Gasteiger partial charge in [-0.25, -0.2) is 4.79 Å². The first kappa shape index (κ1) is 15.7. The van der Waals surface area contributed by atoms with E-state index in [0.717, 1.165) is 32.4 Å². The monoisotopic (exact) mass is 291 g/mol. The Morgan fingerprint density at radius 1 is 1.33 bits per heavy atom. The van der Waals surface area contributed by atoms with E-state index >= 15 is 0 Å². The summed E-state index contributed by atoms with van der Waals surface area (Å²) in [4.78, 5) is 13.9. The molecule has 1 N–H and O–H groups in total. The minimum atomic E-state index is -0.443. The van der Waals surface area contributed by atoms with E-state index in [-0.39, 0.29) is 11.8 Å². The molecule has 1 fully saturated rings. The maximum Gasteiger partial charge on any atom is 0.410 e. The van der Waals surface area contributed by atoms with Gasteiger partial charge in [-0.3, -0.25) is 0 Å². The van der Waals surface area contributed by atoms with Gasteiger partial charge in [0.1, 0.15) is 11.4 Å². The van der Waals surface area contributed by atoms with Crippen LogP contribution in [0.15, 0.2) is 24.3 Å². The standard InChI is InChI=1S/C17H25NO3/c1-17(2,3)21-16(20)18-10-4-5-14(12-18)11-13-6-8-15(19)9-7-13/h6-9,14,19H,4-5,10-12H2,1-3H3/t14-/m1/s1. The van der Waals surface area contributed by atoms with Crippen molar-refractivity contribution in [2.75, 3.05) is 13.1 Å². The average molecular weight is 291 g/mol. The zero-order valence-corrected chi connectivity index (χ0v) is 13.1. The molecule has 21 heavy (non-hydrogen) atoms. The lowest BCUT2D eigenvalue weighted by atomic mass is 9.91. The SMILES string of the molecule is CC(C)(C)OC(=O)N1CCC[C@H](Cc2ccc(O)cc2)C1. The number of likely N-dealkylation sites (tertiary alicyclic amines) is 1. The van der Waals surface area contributed by atoms with E-state index in [1.54, 1.807) is 12.1 Å². The fraction of sp³-hybridized carbons (Fsp3) is 0.588. The highest BCUT2D eigenvalue weighted by Crippen LogP contribution is 2.23. The molecule has 1 atom stereocenters. The predicted molar refractivity (Wildman–Crippen MR) is 82.3 cm³/mol. The van der Waals surface area contributed by atoms with Crippen LogP contribution in [0.25, 0.3) is 0 Å². The molecule has 0 bridgehead atoms. The quantitative estimate of drug-likeness (QED) is 0.906. The van der Waals surface area contributed by atoms with E-state index in [0.29, 0.717) is 5.92 Å². The Bertz CT molecular complexity index is 476. The third kappa shape index (κ3) is 4.96. The minimum Gasteiger partial charge on any atom is -0.508 e. The molecule has 1 amide bonds. The molecule has 1 aliphatic heterocycles. The van der Waals surface area contributed by atoms with Crippen molar-refractivity contribution in [2.45, 2.75) is 45.6 Å². The van der Waals surface area contributed by atoms with Gasteiger partial charge in [0.2, 0.25) is 0 Å². The number of ether oxygens (including phenoxy) is 1. The fourth-order valence-electron chi connectivity index (χ4n) is 2.69. The molecule has 0 radical (unpaired) electrons. The lowest BCUT2D eigenvalue weighted by Crippen LogP contribution is -2.43. The number of aromatic hydroxyl groups is 1. The molecular formula is C17H25NO3. The van der Waals surface area contributed by atoms with E-state index in [9.17, 15) is 9.90 Å². The molecule has 4 nitrogen and oxygen atoms in total. The molecule has 116 valence electrons. The van der Waals surface area contributed by atoms with Gasteiger partial charge in [-0.1, -0.05) is 12.1 Å². The summed E-state index contributed by atoms with van der Waals surface area (Å²) in [5, 5.41) is 9.32. The number of carbonyl (C=O) groups is 1. The van der Waals surface area contributed by atoms with Crippen LogP contribution in [0.2, 0.25) is 0 Å². The Morgan fingerprint density at radius 3 is 2.62 bits per heavy atom. The highest BCUT2D eigenvalue weighted by atomic mass is 16.6. The summed E-state index contributed by atoms with van der Waals surface area (Å²) in [6.45, 7) is 7.20. The van der Waals surface area contributed by atoms with Gasteiger partial charge in [0.25, 0.3) is 0 Å². The maximum absolute atomic E-state index is 12.1. The van der Waals surface area contributed by atoms with Crippen molar-refractivity contribution in [1.82, 2.24) is 4.90 Å². The molecule has 0 unspecified atom stereocenters. The van der Waals surface area contributed by atoms with Gasteiger partial charge in [0.15, 0.2) is 0 Å². The van der Waals surface area contributed by atoms with Crippen LogP contribution in [0, 0.1) is 5.92 Å². The van der Waals surface area contributed by atoms with Gasteiger partial charge < -0.3 is 14.7 Å². The van der Waals surface area contributed by atoms with Crippen LogP contribution in [0.4, 0.5) is 4.79 Å². The predicted octanol–water partition coefficient (Wildman–Crippen LogP) is 3.58. The van der Waals surface area contributed by atoms with E-state index in [2.05, 4.69) is 0 Å². The van der Waals surface area contributed by atoms with E-state index in [4.69, 9.17) is 4.74 Å². The Morgan fingerprint density at radius 2 is 2.00 bits per heavy atom. The number of benzene rings is 1. The largest absolute Gasteiger partial charge is 0.508 e. The molecule has 0 spiro atoms. The molecule has 0 aromatic heterocycles. The van der Waals surface area contributed by atoms with Crippen LogP contribution in [-0.2, 0) is 11.2 Å². The zero-order chi connectivity index (χ0) is 15.5. The van der Waals surface area contributed by atoms with Crippen molar-refractivity contribution in [3.8, 4) is 5.75 Å². The van der Waals surface area contributed by atoms with Crippen LogP contribution in [0.3, 0.4) is 0 Å². The first-order valence-electron chi connectivity index (χ1n) is 7.59. The smallest absolute Gasteiger partial charge is 0.410 e. The van der Waals surface area contributed by atoms with Crippen LogP contribution >= 0.6 is 0 Å². The van der Waals surface area contributed by atoms with Gasteiger partial charge in [0, 0.05) is 13.1 Å². The maximum atomic E-state index is 12.1. The first-order chi connectivity index (χ1) is 9.83. The number of carbonyl (C=O) groups excluding carboxylic acids is 1. The Labute approximate surface area is 126 Å². The number of nitrogens with zero attached hydrogens (tertiary/aromatic N) is 1. The summed E-state index contributed by atoms with van der Waals surface area (Å²) in [7, 11) is 0. The second kappa shape index (κ2) is 6.37. The van der Waals surface area contributed by atoms with Crippen molar-refractivity contribution in [2.24, 2.45) is 5.92 Å². The number of phenolic OH excluding ortho intramolecular Hbond substituents is 1. The summed E-state index contributed by atoms with van der Waals surface area (Å²) >= 11 is 0. The van der Waals surface area contributed by atoms with Crippen molar-refractivity contribution < 1.29 is 14.6 Å². The molecule has 0 aliphatic carbocycles. The number of rotatable bonds is 2. The molecule has 1 saturated heterocycles. The van der Waals surface area contributed by atoms with Crippen molar-refractivity contribution in [3.63, 3.8) is 0 Å². The summed E-state index contributed by atoms with van der Waals surface area (Å²) in [6, 6.07) is 7.32. The fourth-order valence-corrected chi connectivity index (χ4v) is 2.69.